The van der Waals surface area contributed by atoms with E-state index >= 15 is 0 Å². The molecular weight excluding hydrogens is 362 g/mol. The molecule has 1 aromatic carbocycles. The fourth-order valence-corrected chi connectivity index (χ4v) is 3.06. The predicted molar refractivity (Wildman–Crippen MR) is 118 cm³/mol. The van der Waals surface area contributed by atoms with E-state index in [9.17, 15) is 0 Å². The average molecular weight is 392 g/mol. The molecule has 0 bridgehead atoms. The fraction of sp³-hybridized carbons (Fsp3) is 0.375. The Morgan fingerprint density at radius 1 is 1.14 bits per heavy atom. The molecule has 2 aliphatic rings. The van der Waals surface area contributed by atoms with Crippen LogP contribution in [0.3, 0.4) is 0 Å². The summed E-state index contributed by atoms with van der Waals surface area (Å²) in [6, 6.07) is 7.71. The van der Waals surface area contributed by atoms with Gasteiger partial charge in [0, 0.05) is 17.3 Å². The number of nitrogens with one attached hydrogen (secondary N) is 1. The Morgan fingerprint density at radius 2 is 1.90 bits per heavy atom. The van der Waals surface area contributed by atoms with E-state index in [0.29, 0.717) is 13.2 Å². The standard InChI is InChI=1S/C24H29N3O2/c1-4-7-12-28-23-15-20-17-25-18-27(22(20)16-24(23)29-13-8-5-2)26-21-11-9-10-19(6-3)14-21/h3,9-11,14-18,22,26H,4-5,7-8,12-13H2,1-2H3. The molecular formula is C24H29N3O2. The Kier molecular flexibility index (Phi) is 7.40. The second-order valence-electron chi connectivity index (χ2n) is 7.03. The number of anilines is 1. The molecule has 0 aromatic heterocycles. The van der Waals surface area contributed by atoms with E-state index in [1.807, 2.05) is 41.6 Å². The highest BCUT2D eigenvalue weighted by atomic mass is 16.5. The quantitative estimate of drug-likeness (QED) is 0.450. The van der Waals surface area contributed by atoms with Gasteiger partial charge in [-0.3, -0.25) is 10.4 Å². The van der Waals surface area contributed by atoms with E-state index in [1.54, 1.807) is 6.34 Å². The molecule has 0 saturated heterocycles. The van der Waals surface area contributed by atoms with Crippen LogP contribution in [0.1, 0.15) is 45.1 Å². The van der Waals surface area contributed by atoms with Gasteiger partial charge >= 0.3 is 0 Å². The Bertz CT molecular complexity index is 861. The molecule has 5 heteroatoms. The van der Waals surface area contributed by atoms with E-state index in [0.717, 1.165) is 54.0 Å². The van der Waals surface area contributed by atoms with Crippen LogP contribution < -0.4 is 5.43 Å². The van der Waals surface area contributed by atoms with Gasteiger partial charge in [-0.05, 0) is 43.2 Å². The van der Waals surface area contributed by atoms with Crippen LogP contribution in [-0.4, -0.2) is 30.6 Å². The molecule has 0 fully saturated rings. The zero-order valence-electron chi connectivity index (χ0n) is 17.2. The summed E-state index contributed by atoms with van der Waals surface area (Å²) in [7, 11) is 0. The van der Waals surface area contributed by atoms with E-state index in [2.05, 4.69) is 36.3 Å². The SMILES string of the molecule is C#Cc1cccc(NN2C=NC=C3C=C(OCCCC)C(OCCCC)=CC32)c1. The van der Waals surface area contributed by atoms with Crippen molar-refractivity contribution >= 4 is 12.0 Å². The Balaban J connectivity index is 1.79. The highest BCUT2D eigenvalue weighted by molar-refractivity contribution is 5.66. The lowest BCUT2D eigenvalue weighted by molar-refractivity contribution is 0.143. The number of terminal acetylenes is 1. The molecule has 1 N–H and O–H groups in total. The third kappa shape index (κ3) is 5.45. The van der Waals surface area contributed by atoms with Crippen LogP contribution in [0.15, 0.2) is 64.7 Å². The van der Waals surface area contributed by atoms with Crippen LogP contribution in [0.5, 0.6) is 0 Å². The van der Waals surface area contributed by atoms with Crippen LogP contribution in [0, 0.1) is 12.3 Å². The summed E-state index contributed by atoms with van der Waals surface area (Å²) in [5.74, 6) is 4.23. The van der Waals surface area contributed by atoms with Crippen molar-refractivity contribution in [1.82, 2.24) is 5.01 Å². The van der Waals surface area contributed by atoms with E-state index in [1.165, 1.54) is 0 Å². The van der Waals surface area contributed by atoms with Crippen LogP contribution in [-0.2, 0) is 9.47 Å². The van der Waals surface area contributed by atoms with Crippen molar-refractivity contribution < 1.29 is 9.47 Å². The number of unbranched alkanes of at least 4 members (excludes halogenated alkanes) is 2. The van der Waals surface area contributed by atoms with Crippen molar-refractivity contribution in [3.63, 3.8) is 0 Å². The van der Waals surface area contributed by atoms with Gasteiger partial charge in [0.2, 0.25) is 0 Å². The van der Waals surface area contributed by atoms with E-state index < -0.39 is 0 Å². The first kappa shape index (κ1) is 20.6. The third-order valence-corrected chi connectivity index (χ3v) is 4.70. The van der Waals surface area contributed by atoms with Gasteiger partial charge in [-0.2, -0.15) is 0 Å². The van der Waals surface area contributed by atoms with Gasteiger partial charge in [-0.25, -0.2) is 4.99 Å². The summed E-state index contributed by atoms with van der Waals surface area (Å²) in [5.41, 5.74) is 6.17. The van der Waals surface area contributed by atoms with Gasteiger partial charge in [0.1, 0.15) is 12.4 Å². The zero-order valence-corrected chi connectivity index (χ0v) is 17.2. The largest absolute Gasteiger partial charge is 0.490 e. The minimum Gasteiger partial charge on any atom is -0.490 e. The molecule has 1 aliphatic heterocycles. The topological polar surface area (TPSA) is 46.1 Å². The third-order valence-electron chi connectivity index (χ3n) is 4.70. The number of rotatable bonds is 10. The summed E-state index contributed by atoms with van der Waals surface area (Å²) in [6.07, 6.45) is 17.5. The maximum Gasteiger partial charge on any atom is 0.161 e. The number of benzene rings is 1. The first-order valence-electron chi connectivity index (χ1n) is 10.3. The molecule has 1 unspecified atom stereocenters. The van der Waals surface area contributed by atoms with Crippen LogP contribution >= 0.6 is 0 Å². The van der Waals surface area contributed by atoms with Gasteiger partial charge in [0.25, 0.3) is 0 Å². The molecule has 0 radical (unpaired) electrons. The number of aliphatic imine (C=N–C) groups is 1. The highest BCUT2D eigenvalue weighted by Crippen LogP contribution is 2.30. The van der Waals surface area contributed by atoms with Gasteiger partial charge in [-0.1, -0.05) is 38.7 Å². The summed E-state index contributed by atoms with van der Waals surface area (Å²) >= 11 is 0. The lowest BCUT2D eigenvalue weighted by atomic mass is 9.99. The maximum atomic E-state index is 6.07. The van der Waals surface area contributed by atoms with Crippen LogP contribution in [0.25, 0.3) is 0 Å². The van der Waals surface area contributed by atoms with Crippen molar-refractivity contribution in [2.24, 2.45) is 4.99 Å². The lowest BCUT2D eigenvalue weighted by Gasteiger charge is -2.34. The zero-order chi connectivity index (χ0) is 20.5. The normalized spacial score (nSPS) is 17.5. The first-order chi connectivity index (χ1) is 14.2. The number of nitrogens with zero attached hydrogens (tertiary/aromatic N) is 2. The summed E-state index contributed by atoms with van der Waals surface area (Å²) in [5, 5.41) is 1.95. The smallest absolute Gasteiger partial charge is 0.161 e. The van der Waals surface area contributed by atoms with Crippen molar-refractivity contribution in [1.29, 1.82) is 0 Å². The van der Waals surface area contributed by atoms with Gasteiger partial charge in [-0.15, -0.1) is 6.42 Å². The second-order valence-corrected chi connectivity index (χ2v) is 7.03. The monoisotopic (exact) mass is 391 g/mol. The Morgan fingerprint density at radius 3 is 2.62 bits per heavy atom. The van der Waals surface area contributed by atoms with Crippen molar-refractivity contribution in [3.05, 3.63) is 65.3 Å². The Labute approximate surface area is 173 Å². The van der Waals surface area contributed by atoms with Crippen LogP contribution in [0.2, 0.25) is 0 Å². The maximum absolute atomic E-state index is 6.07. The van der Waals surface area contributed by atoms with Gasteiger partial charge in [0.05, 0.1) is 18.9 Å². The van der Waals surface area contributed by atoms with Crippen LogP contribution in [0.4, 0.5) is 5.69 Å². The fourth-order valence-electron chi connectivity index (χ4n) is 3.06. The van der Waals surface area contributed by atoms with E-state index in [-0.39, 0.29) is 6.04 Å². The highest BCUT2D eigenvalue weighted by Gasteiger charge is 2.28. The summed E-state index contributed by atoms with van der Waals surface area (Å²) < 4.78 is 12.1. The minimum atomic E-state index is -0.0443. The molecule has 152 valence electrons. The van der Waals surface area contributed by atoms with Crippen molar-refractivity contribution in [2.75, 3.05) is 18.6 Å². The molecule has 0 spiro atoms. The molecule has 1 heterocycles. The molecule has 3 rings (SSSR count). The van der Waals surface area contributed by atoms with Gasteiger partial charge in [0.15, 0.2) is 11.5 Å². The number of hydrogen-bond acceptors (Lipinski definition) is 5. The summed E-state index contributed by atoms with van der Waals surface area (Å²) in [6.45, 7) is 5.66. The Hall–Kier alpha value is -3.13. The second kappa shape index (κ2) is 10.4. The molecule has 1 aromatic rings. The summed E-state index contributed by atoms with van der Waals surface area (Å²) in [4.78, 5) is 4.38. The number of ether oxygens (including phenoxy) is 2. The number of hydrazine groups is 1. The molecule has 0 saturated carbocycles. The molecule has 0 amide bonds. The molecule has 1 aliphatic carbocycles. The molecule has 29 heavy (non-hydrogen) atoms. The van der Waals surface area contributed by atoms with Gasteiger partial charge < -0.3 is 9.47 Å². The van der Waals surface area contributed by atoms with E-state index in [4.69, 9.17) is 15.9 Å². The minimum absolute atomic E-state index is 0.0443. The number of hydrogen-bond donors (Lipinski definition) is 1. The molecule has 1 atom stereocenters. The molecule has 5 nitrogen and oxygen atoms in total. The average Bonchev–Trinajstić information content (AvgIpc) is 2.75. The van der Waals surface area contributed by atoms with Crippen molar-refractivity contribution in [3.8, 4) is 12.3 Å². The predicted octanol–water partition coefficient (Wildman–Crippen LogP) is 5.01. The lowest BCUT2D eigenvalue weighted by Crippen LogP contribution is -2.41. The number of fused-ring (bicyclic) bond motifs is 1. The van der Waals surface area contributed by atoms with Crippen molar-refractivity contribution in [2.45, 2.75) is 45.6 Å². The first-order valence-corrected chi connectivity index (χ1v) is 10.3.